The van der Waals surface area contributed by atoms with Gasteiger partial charge in [0.05, 0.1) is 5.56 Å². The molecule has 0 aliphatic carbocycles. The van der Waals surface area contributed by atoms with Gasteiger partial charge in [0.1, 0.15) is 0 Å². The van der Waals surface area contributed by atoms with Gasteiger partial charge in [-0.1, -0.05) is 29.8 Å². The van der Waals surface area contributed by atoms with Crippen LogP contribution in [0.15, 0.2) is 42.6 Å². The normalized spacial score (nSPS) is 10.2. The van der Waals surface area contributed by atoms with Gasteiger partial charge in [0.2, 0.25) is 0 Å². The van der Waals surface area contributed by atoms with E-state index in [-0.39, 0.29) is 5.91 Å². The maximum atomic E-state index is 12.4. The molecular weight excluding hydrogens is 276 g/mol. The first-order chi connectivity index (χ1) is 9.63. The summed E-state index contributed by atoms with van der Waals surface area (Å²) in [4.78, 5) is 18.0. The molecule has 5 nitrogen and oxygen atoms in total. The Hall–Kier alpha value is -2.11. The molecule has 0 atom stereocenters. The van der Waals surface area contributed by atoms with E-state index in [1.54, 1.807) is 36.3 Å². The average Bonchev–Trinajstić information content (AvgIpc) is 2.48. The first-order valence-corrected chi connectivity index (χ1v) is 6.41. The summed E-state index contributed by atoms with van der Waals surface area (Å²) >= 11 is 6.09. The highest BCUT2D eigenvalue weighted by Gasteiger charge is 2.17. The van der Waals surface area contributed by atoms with Crippen molar-refractivity contribution in [3.05, 3.63) is 58.7 Å². The van der Waals surface area contributed by atoms with E-state index in [1.807, 2.05) is 18.2 Å². The van der Waals surface area contributed by atoms with Crippen molar-refractivity contribution in [1.29, 1.82) is 0 Å². The average molecular weight is 291 g/mol. The van der Waals surface area contributed by atoms with Gasteiger partial charge in [0.15, 0.2) is 5.82 Å². The number of nitrogens with two attached hydrogens (primary N) is 1. The number of halogens is 1. The number of nitrogens with one attached hydrogen (secondary N) is 1. The number of pyridine rings is 1. The van der Waals surface area contributed by atoms with Gasteiger partial charge in [-0.3, -0.25) is 4.79 Å². The number of hydrogen-bond acceptors (Lipinski definition) is 4. The molecule has 0 bridgehead atoms. The second kappa shape index (κ2) is 6.36. The third kappa shape index (κ3) is 3.07. The van der Waals surface area contributed by atoms with Crippen LogP contribution in [0.25, 0.3) is 0 Å². The van der Waals surface area contributed by atoms with E-state index in [4.69, 9.17) is 17.4 Å². The van der Waals surface area contributed by atoms with Crippen LogP contribution in [0.4, 0.5) is 5.82 Å². The molecule has 0 saturated heterocycles. The third-order valence-electron chi connectivity index (χ3n) is 2.89. The van der Waals surface area contributed by atoms with Crippen molar-refractivity contribution in [3.8, 4) is 0 Å². The fraction of sp³-hybridized carbons (Fsp3) is 0.143. The van der Waals surface area contributed by atoms with Crippen LogP contribution in [0.5, 0.6) is 0 Å². The van der Waals surface area contributed by atoms with Gasteiger partial charge in [-0.2, -0.15) is 0 Å². The van der Waals surface area contributed by atoms with Crippen LogP contribution in [0.2, 0.25) is 5.02 Å². The standard InChI is InChI=1S/C14H15ClN4O/c1-19(9-10-5-2-3-7-12(10)15)14(20)11-6-4-8-17-13(11)18-16/h2-8H,9,16H2,1H3,(H,17,18). The Morgan fingerprint density at radius 1 is 1.35 bits per heavy atom. The summed E-state index contributed by atoms with van der Waals surface area (Å²) in [6, 6.07) is 10.8. The Morgan fingerprint density at radius 2 is 2.10 bits per heavy atom. The molecule has 0 radical (unpaired) electrons. The number of aromatic nitrogens is 1. The number of carbonyl (C=O) groups excluding carboxylic acids is 1. The van der Waals surface area contributed by atoms with E-state index in [0.29, 0.717) is 22.9 Å². The number of benzene rings is 1. The predicted molar refractivity (Wildman–Crippen MR) is 79.3 cm³/mol. The summed E-state index contributed by atoms with van der Waals surface area (Å²) in [6.07, 6.45) is 1.57. The van der Waals surface area contributed by atoms with E-state index in [2.05, 4.69) is 10.4 Å². The highest BCUT2D eigenvalue weighted by Crippen LogP contribution is 2.19. The zero-order valence-corrected chi connectivity index (χ0v) is 11.8. The zero-order chi connectivity index (χ0) is 14.5. The molecule has 0 spiro atoms. The monoisotopic (exact) mass is 290 g/mol. The van der Waals surface area contributed by atoms with Crippen LogP contribution in [-0.4, -0.2) is 22.8 Å². The fourth-order valence-electron chi connectivity index (χ4n) is 1.85. The maximum Gasteiger partial charge on any atom is 0.257 e. The lowest BCUT2D eigenvalue weighted by atomic mass is 10.2. The van der Waals surface area contributed by atoms with Crippen LogP contribution in [0.1, 0.15) is 15.9 Å². The van der Waals surface area contributed by atoms with Crippen molar-refractivity contribution < 1.29 is 4.79 Å². The smallest absolute Gasteiger partial charge is 0.257 e. The second-order valence-corrected chi connectivity index (χ2v) is 4.70. The van der Waals surface area contributed by atoms with Gasteiger partial charge < -0.3 is 10.3 Å². The van der Waals surface area contributed by atoms with Gasteiger partial charge in [-0.25, -0.2) is 10.8 Å². The molecule has 1 aromatic carbocycles. The molecule has 0 saturated carbocycles. The van der Waals surface area contributed by atoms with Crippen molar-refractivity contribution in [3.63, 3.8) is 0 Å². The SMILES string of the molecule is CN(Cc1ccccc1Cl)C(=O)c1cccnc1NN. The minimum absolute atomic E-state index is 0.175. The van der Waals surface area contributed by atoms with E-state index >= 15 is 0 Å². The minimum Gasteiger partial charge on any atom is -0.337 e. The summed E-state index contributed by atoms with van der Waals surface area (Å²) < 4.78 is 0. The van der Waals surface area contributed by atoms with Crippen LogP contribution in [0.3, 0.4) is 0 Å². The Labute approximate surface area is 122 Å². The number of carbonyl (C=O) groups is 1. The van der Waals surface area contributed by atoms with Crippen LogP contribution in [-0.2, 0) is 6.54 Å². The van der Waals surface area contributed by atoms with Crippen LogP contribution >= 0.6 is 11.6 Å². The molecule has 0 unspecified atom stereocenters. The summed E-state index contributed by atoms with van der Waals surface area (Å²) in [6.45, 7) is 0.414. The fourth-order valence-corrected chi connectivity index (χ4v) is 2.05. The van der Waals surface area contributed by atoms with Gasteiger partial charge in [-0.15, -0.1) is 0 Å². The molecule has 1 amide bonds. The summed E-state index contributed by atoms with van der Waals surface area (Å²) in [7, 11) is 1.71. The molecule has 0 aliphatic rings. The number of amides is 1. The van der Waals surface area contributed by atoms with Crippen molar-refractivity contribution in [2.45, 2.75) is 6.54 Å². The number of nitrogens with zero attached hydrogens (tertiary/aromatic N) is 2. The van der Waals surface area contributed by atoms with Crippen molar-refractivity contribution in [1.82, 2.24) is 9.88 Å². The molecule has 6 heteroatoms. The lowest BCUT2D eigenvalue weighted by Gasteiger charge is -2.19. The van der Waals surface area contributed by atoms with E-state index in [1.165, 1.54) is 0 Å². The zero-order valence-electron chi connectivity index (χ0n) is 11.0. The highest BCUT2D eigenvalue weighted by atomic mass is 35.5. The third-order valence-corrected chi connectivity index (χ3v) is 3.26. The van der Waals surface area contributed by atoms with E-state index in [0.717, 1.165) is 5.56 Å². The Bertz CT molecular complexity index is 618. The molecule has 3 N–H and O–H groups in total. The van der Waals surface area contributed by atoms with E-state index in [9.17, 15) is 4.79 Å². The maximum absolute atomic E-state index is 12.4. The molecule has 0 fully saturated rings. The summed E-state index contributed by atoms with van der Waals surface area (Å²) in [5.74, 6) is 5.54. The molecule has 1 heterocycles. The molecule has 2 aromatic rings. The second-order valence-electron chi connectivity index (χ2n) is 4.30. The van der Waals surface area contributed by atoms with Crippen LogP contribution < -0.4 is 11.3 Å². The molecule has 1 aromatic heterocycles. The molecule has 20 heavy (non-hydrogen) atoms. The number of hydrogen-bond donors (Lipinski definition) is 2. The number of hydrazine groups is 1. The topological polar surface area (TPSA) is 71.2 Å². The Morgan fingerprint density at radius 3 is 2.80 bits per heavy atom. The molecule has 2 rings (SSSR count). The Kier molecular flexibility index (Phi) is 4.55. The van der Waals surface area contributed by atoms with Crippen LogP contribution in [0, 0.1) is 0 Å². The van der Waals surface area contributed by atoms with Crippen molar-refractivity contribution in [2.24, 2.45) is 5.84 Å². The number of anilines is 1. The molecular formula is C14H15ClN4O. The Balaban J connectivity index is 2.19. The lowest BCUT2D eigenvalue weighted by Crippen LogP contribution is -2.28. The van der Waals surface area contributed by atoms with Gasteiger partial charge in [0, 0.05) is 24.8 Å². The lowest BCUT2D eigenvalue weighted by molar-refractivity contribution is 0.0785. The summed E-state index contributed by atoms with van der Waals surface area (Å²) in [5, 5.41) is 0.635. The molecule has 104 valence electrons. The molecule has 0 aliphatic heterocycles. The number of nitrogen functional groups attached to an aromatic ring is 1. The van der Waals surface area contributed by atoms with Crippen molar-refractivity contribution in [2.75, 3.05) is 12.5 Å². The van der Waals surface area contributed by atoms with E-state index < -0.39 is 0 Å². The number of rotatable bonds is 4. The summed E-state index contributed by atoms with van der Waals surface area (Å²) in [5.41, 5.74) is 3.73. The van der Waals surface area contributed by atoms with Crippen molar-refractivity contribution >= 4 is 23.3 Å². The quantitative estimate of drug-likeness (QED) is 0.669. The largest absolute Gasteiger partial charge is 0.337 e. The van der Waals surface area contributed by atoms with Gasteiger partial charge in [0.25, 0.3) is 5.91 Å². The predicted octanol–water partition coefficient (Wildman–Crippen LogP) is 2.29. The van der Waals surface area contributed by atoms with Gasteiger partial charge in [-0.05, 0) is 23.8 Å². The highest BCUT2D eigenvalue weighted by molar-refractivity contribution is 6.31. The minimum atomic E-state index is -0.175. The van der Waals surface area contributed by atoms with Gasteiger partial charge >= 0.3 is 0 Å². The first kappa shape index (κ1) is 14.3. The first-order valence-electron chi connectivity index (χ1n) is 6.04.